The summed E-state index contributed by atoms with van der Waals surface area (Å²) in [6, 6.07) is 3.61. The average Bonchev–Trinajstić information content (AvgIpc) is 2.81. The lowest BCUT2D eigenvalue weighted by atomic mass is 9.80. The zero-order valence-corrected chi connectivity index (χ0v) is 12.0. The molecule has 0 saturated carbocycles. The van der Waals surface area contributed by atoms with E-state index in [0.29, 0.717) is 18.0 Å². The van der Waals surface area contributed by atoms with E-state index in [1.807, 2.05) is 11.0 Å². The van der Waals surface area contributed by atoms with Crippen LogP contribution < -0.4 is 5.73 Å². The first-order valence-electron chi connectivity index (χ1n) is 6.84. The van der Waals surface area contributed by atoms with Gasteiger partial charge in [-0.05, 0) is 29.9 Å². The average molecular weight is 261 g/mol. The number of nitrogen functional groups attached to an aromatic ring is 1. The largest absolute Gasteiger partial charge is 0.397 e. The molecule has 2 heterocycles. The topological polar surface area (TPSA) is 59.2 Å². The molecular weight excluding hydrogens is 238 g/mol. The highest BCUT2D eigenvalue weighted by Gasteiger charge is 2.33. The minimum Gasteiger partial charge on any atom is -0.397 e. The molecule has 1 aliphatic heterocycles. The number of anilines is 1. The Morgan fingerprint density at radius 2 is 2.21 bits per heavy atom. The van der Waals surface area contributed by atoms with Crippen molar-refractivity contribution in [3.05, 3.63) is 24.0 Å². The van der Waals surface area contributed by atoms with Crippen molar-refractivity contribution in [1.82, 2.24) is 9.88 Å². The predicted octanol–water partition coefficient (Wildman–Crippen LogP) is 2.10. The molecule has 104 valence electrons. The van der Waals surface area contributed by atoms with Crippen molar-refractivity contribution in [3.8, 4) is 0 Å². The van der Waals surface area contributed by atoms with Gasteiger partial charge in [-0.3, -0.25) is 9.78 Å². The predicted molar refractivity (Wildman–Crippen MR) is 76.5 cm³/mol. The summed E-state index contributed by atoms with van der Waals surface area (Å²) in [5.41, 5.74) is 7.28. The Balaban J connectivity index is 1.93. The van der Waals surface area contributed by atoms with E-state index >= 15 is 0 Å². The van der Waals surface area contributed by atoms with Crippen LogP contribution in [0.1, 0.15) is 32.9 Å². The standard InChI is InChI=1S/C15H23N3O/c1-15(2,3)11-6-7-18(10-11)14(19)8-13-5-4-12(16)9-17-13/h4-5,9,11H,6-8,10,16H2,1-3H3. The smallest absolute Gasteiger partial charge is 0.228 e. The fourth-order valence-electron chi connectivity index (χ4n) is 2.50. The molecular formula is C15H23N3O. The number of likely N-dealkylation sites (tertiary alicyclic amines) is 1. The van der Waals surface area contributed by atoms with Crippen molar-refractivity contribution in [2.24, 2.45) is 11.3 Å². The van der Waals surface area contributed by atoms with Gasteiger partial charge < -0.3 is 10.6 Å². The lowest BCUT2D eigenvalue weighted by Gasteiger charge is -2.26. The number of rotatable bonds is 2. The maximum atomic E-state index is 12.2. The third kappa shape index (κ3) is 3.46. The molecule has 1 aliphatic rings. The molecule has 0 bridgehead atoms. The van der Waals surface area contributed by atoms with Crippen molar-refractivity contribution in [2.75, 3.05) is 18.8 Å². The van der Waals surface area contributed by atoms with E-state index in [2.05, 4.69) is 25.8 Å². The molecule has 0 radical (unpaired) electrons. The summed E-state index contributed by atoms with van der Waals surface area (Å²) < 4.78 is 0. The van der Waals surface area contributed by atoms with Gasteiger partial charge in [0.05, 0.1) is 18.3 Å². The highest BCUT2D eigenvalue weighted by molar-refractivity contribution is 5.78. The summed E-state index contributed by atoms with van der Waals surface area (Å²) in [5.74, 6) is 0.764. The van der Waals surface area contributed by atoms with E-state index in [0.717, 1.165) is 25.2 Å². The SMILES string of the molecule is CC(C)(C)C1CCN(C(=O)Cc2ccc(N)cn2)C1. The molecule has 1 aromatic heterocycles. The third-order valence-electron chi connectivity index (χ3n) is 3.95. The van der Waals surface area contributed by atoms with Crippen LogP contribution in [0.4, 0.5) is 5.69 Å². The lowest BCUT2D eigenvalue weighted by Crippen LogP contribution is -2.32. The minimum atomic E-state index is 0.170. The summed E-state index contributed by atoms with van der Waals surface area (Å²) in [7, 11) is 0. The molecule has 1 amide bonds. The minimum absolute atomic E-state index is 0.170. The zero-order chi connectivity index (χ0) is 14.0. The Kier molecular flexibility index (Phi) is 3.78. The van der Waals surface area contributed by atoms with Crippen molar-refractivity contribution in [1.29, 1.82) is 0 Å². The maximum Gasteiger partial charge on any atom is 0.228 e. The molecule has 0 aromatic carbocycles. The number of carbonyl (C=O) groups excluding carboxylic acids is 1. The van der Waals surface area contributed by atoms with E-state index in [-0.39, 0.29) is 11.3 Å². The van der Waals surface area contributed by atoms with Crippen LogP contribution >= 0.6 is 0 Å². The summed E-state index contributed by atoms with van der Waals surface area (Å²) in [6.07, 6.45) is 3.08. The monoisotopic (exact) mass is 261 g/mol. The quantitative estimate of drug-likeness (QED) is 0.887. The molecule has 2 N–H and O–H groups in total. The molecule has 1 unspecified atom stereocenters. The normalized spacial score (nSPS) is 19.7. The summed E-state index contributed by atoms with van der Waals surface area (Å²) >= 11 is 0. The molecule has 4 nitrogen and oxygen atoms in total. The molecule has 1 saturated heterocycles. The number of aromatic nitrogens is 1. The van der Waals surface area contributed by atoms with Gasteiger partial charge in [-0.15, -0.1) is 0 Å². The van der Waals surface area contributed by atoms with E-state index in [9.17, 15) is 4.79 Å². The Labute approximate surface area is 115 Å². The van der Waals surface area contributed by atoms with Crippen molar-refractivity contribution in [2.45, 2.75) is 33.6 Å². The third-order valence-corrected chi connectivity index (χ3v) is 3.95. The van der Waals surface area contributed by atoms with Gasteiger partial charge in [0.25, 0.3) is 0 Å². The number of hydrogen-bond acceptors (Lipinski definition) is 3. The first-order chi connectivity index (χ1) is 8.86. The summed E-state index contributed by atoms with van der Waals surface area (Å²) in [5, 5.41) is 0. The van der Waals surface area contributed by atoms with Gasteiger partial charge in [-0.1, -0.05) is 20.8 Å². The van der Waals surface area contributed by atoms with Gasteiger partial charge >= 0.3 is 0 Å². The Bertz CT molecular complexity index is 447. The fraction of sp³-hybridized carbons (Fsp3) is 0.600. The number of hydrogen-bond donors (Lipinski definition) is 1. The van der Waals surface area contributed by atoms with Crippen LogP contribution in [0.15, 0.2) is 18.3 Å². The van der Waals surface area contributed by atoms with Gasteiger partial charge in [0.2, 0.25) is 5.91 Å². The van der Waals surface area contributed by atoms with Gasteiger partial charge in [0, 0.05) is 18.8 Å². The molecule has 0 spiro atoms. The second-order valence-electron chi connectivity index (χ2n) is 6.45. The Morgan fingerprint density at radius 1 is 1.47 bits per heavy atom. The number of carbonyl (C=O) groups is 1. The first kappa shape index (κ1) is 13.8. The molecule has 0 aliphatic carbocycles. The van der Waals surface area contributed by atoms with Gasteiger partial charge in [-0.25, -0.2) is 0 Å². The van der Waals surface area contributed by atoms with E-state index in [4.69, 9.17) is 5.73 Å². The van der Waals surface area contributed by atoms with Gasteiger partial charge in [0.15, 0.2) is 0 Å². The van der Waals surface area contributed by atoms with Crippen molar-refractivity contribution < 1.29 is 4.79 Å². The summed E-state index contributed by atoms with van der Waals surface area (Å²) in [6.45, 7) is 8.47. The number of nitrogens with zero attached hydrogens (tertiary/aromatic N) is 2. The van der Waals surface area contributed by atoms with Crippen LogP contribution in [0, 0.1) is 11.3 Å². The maximum absolute atomic E-state index is 12.2. The molecule has 1 fully saturated rings. The van der Waals surface area contributed by atoms with Gasteiger partial charge in [0.1, 0.15) is 0 Å². The van der Waals surface area contributed by atoms with Crippen molar-refractivity contribution in [3.63, 3.8) is 0 Å². The molecule has 2 rings (SSSR count). The van der Waals surface area contributed by atoms with Crippen LogP contribution in [-0.2, 0) is 11.2 Å². The highest BCUT2D eigenvalue weighted by Crippen LogP contribution is 2.33. The van der Waals surface area contributed by atoms with Crippen LogP contribution in [0.5, 0.6) is 0 Å². The van der Waals surface area contributed by atoms with E-state index < -0.39 is 0 Å². The highest BCUT2D eigenvalue weighted by atomic mass is 16.2. The number of amides is 1. The molecule has 1 atom stereocenters. The van der Waals surface area contributed by atoms with Crippen LogP contribution in [-0.4, -0.2) is 28.9 Å². The van der Waals surface area contributed by atoms with Crippen LogP contribution in [0.2, 0.25) is 0 Å². The van der Waals surface area contributed by atoms with Crippen molar-refractivity contribution >= 4 is 11.6 Å². The molecule has 4 heteroatoms. The van der Waals surface area contributed by atoms with E-state index in [1.165, 1.54) is 0 Å². The van der Waals surface area contributed by atoms with Gasteiger partial charge in [-0.2, -0.15) is 0 Å². The Hall–Kier alpha value is -1.58. The first-order valence-corrected chi connectivity index (χ1v) is 6.84. The Morgan fingerprint density at radius 3 is 2.74 bits per heavy atom. The molecule has 1 aromatic rings. The second kappa shape index (κ2) is 5.19. The number of nitrogens with two attached hydrogens (primary N) is 1. The fourth-order valence-corrected chi connectivity index (χ4v) is 2.50. The lowest BCUT2D eigenvalue weighted by molar-refractivity contribution is -0.129. The number of pyridine rings is 1. The second-order valence-corrected chi connectivity index (χ2v) is 6.45. The zero-order valence-electron chi connectivity index (χ0n) is 12.0. The van der Waals surface area contributed by atoms with E-state index in [1.54, 1.807) is 12.3 Å². The van der Waals surface area contributed by atoms with Crippen LogP contribution in [0.25, 0.3) is 0 Å². The molecule has 19 heavy (non-hydrogen) atoms. The van der Waals surface area contributed by atoms with Crippen LogP contribution in [0.3, 0.4) is 0 Å². The summed E-state index contributed by atoms with van der Waals surface area (Å²) in [4.78, 5) is 18.4.